The number of hydrogen-bond acceptors (Lipinski definition) is 4. The first kappa shape index (κ1) is 18.5. The summed E-state index contributed by atoms with van der Waals surface area (Å²) in [5.41, 5.74) is 3.59. The Kier molecular flexibility index (Phi) is 6.28. The number of guanidine groups is 1. The molecule has 138 valence electrons. The second-order valence-electron chi connectivity index (χ2n) is 6.34. The van der Waals surface area contributed by atoms with E-state index in [9.17, 15) is 0 Å². The average Bonchev–Trinajstić information content (AvgIpc) is 3.28. The van der Waals surface area contributed by atoms with E-state index in [4.69, 9.17) is 4.99 Å². The summed E-state index contributed by atoms with van der Waals surface area (Å²) in [6, 6.07) is 8.64. The lowest BCUT2D eigenvalue weighted by molar-refractivity contribution is 0.809. The molecule has 3 rings (SSSR count). The molecule has 0 unspecified atom stereocenters. The molecule has 0 radical (unpaired) electrons. The van der Waals surface area contributed by atoms with Crippen molar-refractivity contribution in [1.82, 2.24) is 15.6 Å². The first-order valence-corrected chi connectivity index (χ1v) is 9.91. The smallest absolute Gasteiger partial charge is 0.191 e. The van der Waals surface area contributed by atoms with E-state index >= 15 is 0 Å². The number of rotatable bonds is 6. The number of aliphatic imine (C=N–C) groups is 1. The fraction of sp³-hybridized carbons (Fsp3) is 0.400. The molecule has 6 heteroatoms. The van der Waals surface area contributed by atoms with Gasteiger partial charge in [0.1, 0.15) is 5.01 Å². The summed E-state index contributed by atoms with van der Waals surface area (Å²) in [5, 5.41) is 7.79. The van der Waals surface area contributed by atoms with Crippen molar-refractivity contribution in [2.24, 2.45) is 4.99 Å². The highest BCUT2D eigenvalue weighted by Crippen LogP contribution is 2.19. The lowest BCUT2D eigenvalue weighted by Gasteiger charge is -2.18. The fourth-order valence-corrected chi connectivity index (χ4v) is 3.70. The minimum atomic E-state index is 0.653. The molecule has 5 nitrogen and oxygen atoms in total. The van der Waals surface area contributed by atoms with Crippen molar-refractivity contribution in [2.45, 2.75) is 33.9 Å². The van der Waals surface area contributed by atoms with Crippen LogP contribution in [0.3, 0.4) is 0 Å². The van der Waals surface area contributed by atoms with E-state index < -0.39 is 0 Å². The summed E-state index contributed by atoms with van der Waals surface area (Å²) in [6.07, 6.45) is 4.42. The van der Waals surface area contributed by atoms with E-state index in [2.05, 4.69) is 77.7 Å². The summed E-state index contributed by atoms with van der Waals surface area (Å²) in [4.78, 5) is 12.9. The normalized spacial score (nSPS) is 14.1. The number of aryl methyl sites for hydroxylation is 2. The van der Waals surface area contributed by atoms with Gasteiger partial charge in [0.2, 0.25) is 0 Å². The van der Waals surface area contributed by atoms with Crippen molar-refractivity contribution in [1.29, 1.82) is 0 Å². The third kappa shape index (κ3) is 4.85. The first-order valence-electron chi connectivity index (χ1n) is 9.09. The van der Waals surface area contributed by atoms with E-state index in [1.165, 1.54) is 16.1 Å². The van der Waals surface area contributed by atoms with E-state index in [1.807, 2.05) is 0 Å². The van der Waals surface area contributed by atoms with Crippen LogP contribution in [0.15, 0.2) is 41.4 Å². The van der Waals surface area contributed by atoms with Gasteiger partial charge in [0.05, 0.1) is 18.8 Å². The molecule has 1 aliphatic heterocycles. The summed E-state index contributed by atoms with van der Waals surface area (Å²) in [5.74, 6) is 0.825. The Balaban J connectivity index is 1.62. The van der Waals surface area contributed by atoms with Crippen molar-refractivity contribution in [2.75, 3.05) is 24.5 Å². The van der Waals surface area contributed by atoms with E-state index in [-0.39, 0.29) is 0 Å². The maximum atomic E-state index is 4.73. The molecule has 1 aromatic heterocycles. The first-order chi connectivity index (χ1) is 12.7. The van der Waals surface area contributed by atoms with Crippen molar-refractivity contribution in [3.05, 3.63) is 57.6 Å². The second kappa shape index (κ2) is 8.85. The predicted octanol–water partition coefficient (Wildman–Crippen LogP) is 3.39. The van der Waals surface area contributed by atoms with Crippen molar-refractivity contribution < 1.29 is 0 Å². The van der Waals surface area contributed by atoms with Gasteiger partial charge in [-0.1, -0.05) is 24.3 Å². The predicted molar refractivity (Wildman–Crippen MR) is 111 cm³/mol. The van der Waals surface area contributed by atoms with Gasteiger partial charge in [0.15, 0.2) is 5.96 Å². The summed E-state index contributed by atoms with van der Waals surface area (Å²) in [7, 11) is 0. The molecule has 2 N–H and O–H groups in total. The molecule has 0 spiro atoms. The molecule has 0 saturated carbocycles. The number of thiazole rings is 1. The van der Waals surface area contributed by atoms with Crippen LogP contribution in [0.25, 0.3) is 0 Å². The summed E-state index contributed by atoms with van der Waals surface area (Å²) >= 11 is 1.74. The second-order valence-corrected chi connectivity index (χ2v) is 7.63. The number of nitrogens with one attached hydrogen (secondary N) is 2. The highest BCUT2D eigenvalue weighted by atomic mass is 32.1. The maximum absolute atomic E-state index is 4.73. The molecule has 0 bridgehead atoms. The van der Waals surface area contributed by atoms with Crippen LogP contribution in [-0.2, 0) is 13.1 Å². The summed E-state index contributed by atoms with van der Waals surface area (Å²) in [6.45, 7) is 10.4. The van der Waals surface area contributed by atoms with Crippen LogP contribution in [0, 0.1) is 13.8 Å². The van der Waals surface area contributed by atoms with Crippen LogP contribution in [0.5, 0.6) is 0 Å². The quantitative estimate of drug-likeness (QED) is 0.466. The molecule has 2 aromatic rings. The molecule has 0 fully saturated rings. The zero-order chi connectivity index (χ0) is 18.4. The Labute approximate surface area is 159 Å². The van der Waals surface area contributed by atoms with Crippen molar-refractivity contribution in [3.63, 3.8) is 0 Å². The van der Waals surface area contributed by atoms with Crippen LogP contribution >= 0.6 is 11.3 Å². The molecule has 0 atom stereocenters. The Bertz CT molecular complexity index is 766. The minimum Gasteiger partial charge on any atom is -0.364 e. The SMILES string of the molecule is CCNC(=NCc1cccc(N2CC=CC2)c1)NCc1nc(C)c(C)s1. The standard InChI is InChI=1S/C20H27N5S/c1-4-21-20(23-14-19-24-15(2)16(3)26-19)22-13-17-8-7-9-18(12-17)25-10-5-6-11-25/h5-9,12H,4,10-11,13-14H2,1-3H3,(H2,21,22,23). The Morgan fingerprint density at radius 3 is 2.73 bits per heavy atom. The number of aromatic nitrogens is 1. The Morgan fingerprint density at radius 2 is 2.04 bits per heavy atom. The number of nitrogens with zero attached hydrogens (tertiary/aromatic N) is 3. The molecule has 1 aromatic carbocycles. The van der Waals surface area contributed by atoms with E-state index in [0.29, 0.717) is 13.1 Å². The van der Waals surface area contributed by atoms with Crippen molar-refractivity contribution >= 4 is 23.0 Å². The van der Waals surface area contributed by atoms with Gasteiger partial charge >= 0.3 is 0 Å². The van der Waals surface area contributed by atoms with Crippen LogP contribution in [0.4, 0.5) is 5.69 Å². The molecule has 0 amide bonds. The van der Waals surface area contributed by atoms with Gasteiger partial charge in [-0.25, -0.2) is 9.98 Å². The molecule has 0 aliphatic carbocycles. The van der Waals surface area contributed by atoms with Gasteiger partial charge < -0.3 is 15.5 Å². The summed E-state index contributed by atoms with van der Waals surface area (Å²) < 4.78 is 0. The molecule has 1 aliphatic rings. The van der Waals surface area contributed by atoms with Crippen LogP contribution in [0.1, 0.15) is 28.1 Å². The molecular formula is C20H27N5S. The molecule has 26 heavy (non-hydrogen) atoms. The third-order valence-corrected chi connectivity index (χ3v) is 5.41. The van der Waals surface area contributed by atoms with Gasteiger partial charge in [-0.3, -0.25) is 0 Å². The average molecular weight is 370 g/mol. The Hall–Kier alpha value is -2.34. The molecule has 2 heterocycles. The third-order valence-electron chi connectivity index (χ3n) is 4.34. The highest BCUT2D eigenvalue weighted by molar-refractivity contribution is 7.11. The van der Waals surface area contributed by atoms with E-state index in [1.54, 1.807) is 11.3 Å². The number of benzene rings is 1. The van der Waals surface area contributed by atoms with Crippen LogP contribution in [0.2, 0.25) is 0 Å². The zero-order valence-corrected chi connectivity index (χ0v) is 16.6. The monoisotopic (exact) mass is 369 g/mol. The van der Waals surface area contributed by atoms with Crippen LogP contribution < -0.4 is 15.5 Å². The lowest BCUT2D eigenvalue weighted by Crippen LogP contribution is -2.36. The number of hydrogen-bond donors (Lipinski definition) is 2. The van der Waals surface area contributed by atoms with Crippen LogP contribution in [-0.4, -0.2) is 30.6 Å². The zero-order valence-electron chi connectivity index (χ0n) is 15.7. The van der Waals surface area contributed by atoms with Gasteiger partial charge in [-0.05, 0) is 38.5 Å². The molecular weight excluding hydrogens is 342 g/mol. The number of anilines is 1. The van der Waals surface area contributed by atoms with Gasteiger partial charge in [-0.2, -0.15) is 0 Å². The van der Waals surface area contributed by atoms with Crippen molar-refractivity contribution in [3.8, 4) is 0 Å². The largest absolute Gasteiger partial charge is 0.364 e. The lowest BCUT2D eigenvalue weighted by atomic mass is 10.2. The maximum Gasteiger partial charge on any atom is 0.191 e. The fourth-order valence-electron chi connectivity index (χ4n) is 2.83. The molecule has 0 saturated heterocycles. The Morgan fingerprint density at radius 1 is 1.23 bits per heavy atom. The van der Waals surface area contributed by atoms with E-state index in [0.717, 1.165) is 36.3 Å². The minimum absolute atomic E-state index is 0.653. The topological polar surface area (TPSA) is 52.6 Å². The van der Waals surface area contributed by atoms with Gasteiger partial charge in [0, 0.05) is 30.2 Å². The van der Waals surface area contributed by atoms with Gasteiger partial charge in [0.25, 0.3) is 0 Å². The van der Waals surface area contributed by atoms with Gasteiger partial charge in [-0.15, -0.1) is 11.3 Å². The highest BCUT2D eigenvalue weighted by Gasteiger charge is 2.08.